The number of carbonyl (C=O) groups excluding carboxylic acids is 1. The van der Waals surface area contributed by atoms with Crippen molar-refractivity contribution in [2.45, 2.75) is 0 Å². The molecule has 0 fully saturated rings. The minimum absolute atomic E-state index is 0.546. The molecule has 0 aliphatic rings. The number of nitrogens with one attached hydrogen (secondary N) is 1. The Morgan fingerprint density at radius 3 is 2.88 bits per heavy atom. The molecule has 0 spiro atoms. The molecule has 0 atom stereocenters. The van der Waals surface area contributed by atoms with Crippen LogP contribution in [0, 0.1) is 0 Å². The normalized spacial score (nSPS) is 9.12. The lowest BCUT2D eigenvalue weighted by atomic mass is 10.4. The summed E-state index contributed by atoms with van der Waals surface area (Å²) in [5.74, 6) is 0. The lowest BCUT2D eigenvalue weighted by molar-refractivity contribution is 0.112. The van der Waals surface area contributed by atoms with Crippen molar-refractivity contribution in [1.29, 1.82) is 0 Å². The Labute approximate surface area is 54.2 Å². The van der Waals surface area contributed by atoms with E-state index in [1.165, 1.54) is 6.20 Å². The van der Waals surface area contributed by atoms with Gasteiger partial charge in [-0.3, -0.25) is 9.89 Å². The largest absolute Gasteiger partial charge is 0.298 e. The van der Waals surface area contributed by atoms with Gasteiger partial charge in [-0.2, -0.15) is 5.10 Å². The molecule has 0 saturated carbocycles. The van der Waals surface area contributed by atoms with Gasteiger partial charge in [0.2, 0.25) is 0 Å². The molecular weight excluding hydrogens is 172 g/mol. The van der Waals surface area contributed by atoms with E-state index in [1.54, 1.807) is 0 Å². The maximum Gasteiger partial charge on any atom is 0.154 e. The fourth-order valence-corrected chi connectivity index (χ4v) is 0.660. The molecule has 0 radical (unpaired) electrons. The molecule has 1 aromatic heterocycles. The molecule has 0 unspecified atom stereocenters. The van der Waals surface area contributed by atoms with Crippen molar-refractivity contribution >= 4 is 22.2 Å². The zero-order chi connectivity index (χ0) is 5.98. The fraction of sp³-hybridized carbons (Fsp3) is 0. The number of halogens is 1. The Kier molecular flexibility index (Phi) is 1.43. The topological polar surface area (TPSA) is 45.8 Å². The highest BCUT2D eigenvalue weighted by atomic mass is 79.9. The molecule has 1 rings (SSSR count). The van der Waals surface area contributed by atoms with Crippen LogP contribution in [0.3, 0.4) is 0 Å². The first kappa shape index (κ1) is 5.50. The summed E-state index contributed by atoms with van der Waals surface area (Å²) in [4.78, 5) is 10.00. The predicted molar refractivity (Wildman–Crippen MR) is 31.7 cm³/mol. The van der Waals surface area contributed by atoms with Crippen molar-refractivity contribution in [3.8, 4) is 0 Å². The van der Waals surface area contributed by atoms with Crippen LogP contribution in [0.1, 0.15) is 10.4 Å². The number of aromatic nitrogens is 2. The van der Waals surface area contributed by atoms with Gasteiger partial charge < -0.3 is 0 Å². The quantitative estimate of drug-likeness (QED) is 0.646. The molecule has 3 nitrogen and oxygen atoms in total. The second-order valence-corrected chi connectivity index (χ2v) is 2.05. The number of aldehydes is 1. The summed E-state index contributed by atoms with van der Waals surface area (Å²) >= 11 is 3.08. The van der Waals surface area contributed by atoms with Crippen LogP contribution in [0.2, 0.25) is 0 Å². The molecule has 0 aliphatic heterocycles. The van der Waals surface area contributed by atoms with E-state index in [9.17, 15) is 4.79 Å². The summed E-state index contributed by atoms with van der Waals surface area (Å²) in [6.45, 7) is 0. The highest BCUT2D eigenvalue weighted by Gasteiger charge is 1.95. The molecule has 1 heterocycles. The van der Waals surface area contributed by atoms with E-state index in [4.69, 9.17) is 0 Å². The third kappa shape index (κ3) is 0.790. The van der Waals surface area contributed by atoms with Crippen LogP contribution in [0.4, 0.5) is 0 Å². The minimum atomic E-state index is 0.546. The van der Waals surface area contributed by atoms with Crippen LogP contribution < -0.4 is 0 Å². The lowest BCUT2D eigenvalue weighted by Crippen LogP contribution is -1.72. The van der Waals surface area contributed by atoms with Gasteiger partial charge in [0.25, 0.3) is 0 Å². The third-order valence-electron chi connectivity index (χ3n) is 0.747. The Bertz CT molecular complexity index is 196. The van der Waals surface area contributed by atoms with Crippen LogP contribution in [0.5, 0.6) is 0 Å². The van der Waals surface area contributed by atoms with Crippen molar-refractivity contribution in [3.63, 3.8) is 0 Å². The first-order valence-electron chi connectivity index (χ1n) is 1.98. The van der Waals surface area contributed by atoms with Crippen molar-refractivity contribution < 1.29 is 4.79 Å². The summed E-state index contributed by atoms with van der Waals surface area (Å²) in [6, 6.07) is 0. The van der Waals surface area contributed by atoms with E-state index in [2.05, 4.69) is 26.1 Å². The predicted octanol–water partition coefficient (Wildman–Crippen LogP) is 0.985. The molecule has 4 heteroatoms. The van der Waals surface area contributed by atoms with E-state index in [0.29, 0.717) is 10.2 Å². The molecule has 0 saturated heterocycles. The van der Waals surface area contributed by atoms with Crippen LogP contribution in [0.15, 0.2) is 10.8 Å². The molecule has 42 valence electrons. The number of H-pyrrole nitrogens is 1. The number of hydrogen-bond donors (Lipinski definition) is 1. The summed E-state index contributed by atoms with van der Waals surface area (Å²) in [5, 5.41) is 6.14. The number of aromatic amines is 1. The van der Waals surface area contributed by atoms with Crippen LogP contribution in [0.25, 0.3) is 0 Å². The SMILES string of the molecule is O=Cc1cn[nH]c1Br. The first-order valence-corrected chi connectivity index (χ1v) is 2.78. The second-order valence-electron chi connectivity index (χ2n) is 1.26. The summed E-state index contributed by atoms with van der Waals surface area (Å²) in [6.07, 6.45) is 2.19. The summed E-state index contributed by atoms with van der Waals surface area (Å²) in [5.41, 5.74) is 0.546. The Morgan fingerprint density at radius 1 is 1.88 bits per heavy atom. The first-order chi connectivity index (χ1) is 3.84. The number of carbonyl (C=O) groups is 1. The monoisotopic (exact) mass is 174 g/mol. The van der Waals surface area contributed by atoms with Gasteiger partial charge in [-0.15, -0.1) is 0 Å². The van der Waals surface area contributed by atoms with E-state index < -0.39 is 0 Å². The van der Waals surface area contributed by atoms with Crippen LogP contribution >= 0.6 is 15.9 Å². The molecule has 0 bridgehead atoms. The highest BCUT2D eigenvalue weighted by molar-refractivity contribution is 9.10. The molecule has 0 aromatic carbocycles. The molecule has 1 aromatic rings. The number of rotatable bonds is 1. The van der Waals surface area contributed by atoms with Gasteiger partial charge in [-0.1, -0.05) is 0 Å². The fourth-order valence-electron chi connectivity index (χ4n) is 0.362. The maximum absolute atomic E-state index is 10.00. The van der Waals surface area contributed by atoms with Crippen molar-refractivity contribution in [3.05, 3.63) is 16.4 Å². The van der Waals surface area contributed by atoms with Gasteiger partial charge in [0.1, 0.15) is 4.60 Å². The van der Waals surface area contributed by atoms with Gasteiger partial charge in [-0.05, 0) is 15.9 Å². The van der Waals surface area contributed by atoms with Crippen molar-refractivity contribution in [1.82, 2.24) is 10.2 Å². The molecular formula is C4H3BrN2O. The molecule has 0 aliphatic carbocycles. The standard InChI is InChI=1S/C4H3BrN2O/c5-4-3(2-8)1-6-7-4/h1-2H,(H,6,7). The average molecular weight is 175 g/mol. The van der Waals surface area contributed by atoms with Crippen molar-refractivity contribution in [2.24, 2.45) is 0 Å². The smallest absolute Gasteiger partial charge is 0.154 e. The Hall–Kier alpha value is -0.640. The van der Waals surface area contributed by atoms with Crippen LogP contribution in [-0.2, 0) is 0 Å². The summed E-state index contributed by atoms with van der Waals surface area (Å²) in [7, 11) is 0. The highest BCUT2D eigenvalue weighted by Crippen LogP contribution is 2.07. The number of nitrogens with zero attached hydrogens (tertiary/aromatic N) is 1. The molecule has 1 N–H and O–H groups in total. The van der Waals surface area contributed by atoms with Crippen molar-refractivity contribution in [2.75, 3.05) is 0 Å². The van der Waals surface area contributed by atoms with Gasteiger partial charge in [0.15, 0.2) is 6.29 Å². The molecule has 0 amide bonds. The minimum Gasteiger partial charge on any atom is -0.298 e. The van der Waals surface area contributed by atoms with Gasteiger partial charge in [-0.25, -0.2) is 0 Å². The lowest BCUT2D eigenvalue weighted by Gasteiger charge is -1.75. The van der Waals surface area contributed by atoms with Gasteiger partial charge >= 0.3 is 0 Å². The Balaban J connectivity index is 3.09. The zero-order valence-electron chi connectivity index (χ0n) is 3.89. The number of hydrogen-bond acceptors (Lipinski definition) is 2. The maximum atomic E-state index is 10.00. The Morgan fingerprint density at radius 2 is 2.62 bits per heavy atom. The average Bonchev–Trinajstić information content (AvgIpc) is 2.14. The van der Waals surface area contributed by atoms with E-state index in [1.807, 2.05) is 0 Å². The van der Waals surface area contributed by atoms with Gasteiger partial charge in [0.05, 0.1) is 11.8 Å². The van der Waals surface area contributed by atoms with E-state index in [0.717, 1.165) is 6.29 Å². The third-order valence-corrected chi connectivity index (χ3v) is 1.38. The van der Waals surface area contributed by atoms with E-state index in [-0.39, 0.29) is 0 Å². The zero-order valence-corrected chi connectivity index (χ0v) is 5.47. The summed E-state index contributed by atoms with van der Waals surface area (Å²) < 4.78 is 0.632. The second kappa shape index (κ2) is 2.09. The van der Waals surface area contributed by atoms with Gasteiger partial charge in [0, 0.05) is 0 Å². The van der Waals surface area contributed by atoms with Crippen LogP contribution in [-0.4, -0.2) is 16.5 Å². The van der Waals surface area contributed by atoms with E-state index >= 15 is 0 Å². The molecule has 8 heavy (non-hydrogen) atoms.